The molecule has 1 aliphatic rings. The molecule has 2 atom stereocenters. The van der Waals surface area contributed by atoms with Gasteiger partial charge in [0.25, 0.3) is 0 Å². The third-order valence-electron chi connectivity index (χ3n) is 4.35. The van der Waals surface area contributed by atoms with Crippen LogP contribution in [0.25, 0.3) is 0 Å². The first-order chi connectivity index (χ1) is 10.2. The molecule has 1 aromatic rings. The van der Waals surface area contributed by atoms with E-state index in [0.717, 1.165) is 34.6 Å². The summed E-state index contributed by atoms with van der Waals surface area (Å²) >= 11 is 0.876. The zero-order chi connectivity index (χ0) is 16.5. The van der Waals surface area contributed by atoms with E-state index in [1.54, 1.807) is 7.11 Å². The highest BCUT2D eigenvalue weighted by Crippen LogP contribution is 2.45. The molecule has 2 unspecified atom stereocenters. The average molecular weight is 335 g/mol. The first kappa shape index (κ1) is 17.8. The van der Waals surface area contributed by atoms with Crippen LogP contribution in [0.1, 0.15) is 48.9 Å². The molecule has 0 radical (unpaired) electrons. The molecular formula is C16H24F3NOS. The van der Waals surface area contributed by atoms with Crippen LogP contribution in [0.4, 0.5) is 13.2 Å². The van der Waals surface area contributed by atoms with Gasteiger partial charge in [0.1, 0.15) is 4.88 Å². The molecule has 0 spiro atoms. The number of alkyl halides is 3. The summed E-state index contributed by atoms with van der Waals surface area (Å²) in [6.07, 6.45) is -2.03. The molecule has 1 saturated heterocycles. The Bertz CT molecular complexity index is 502. The van der Waals surface area contributed by atoms with E-state index in [-0.39, 0.29) is 5.41 Å². The van der Waals surface area contributed by atoms with Gasteiger partial charge in [-0.3, -0.25) is 0 Å². The summed E-state index contributed by atoms with van der Waals surface area (Å²) < 4.78 is 44.4. The molecule has 126 valence electrons. The van der Waals surface area contributed by atoms with Gasteiger partial charge in [-0.25, -0.2) is 0 Å². The maximum atomic E-state index is 13.1. The van der Waals surface area contributed by atoms with Gasteiger partial charge in [-0.15, -0.1) is 11.3 Å². The van der Waals surface area contributed by atoms with Crippen molar-refractivity contribution in [1.29, 1.82) is 0 Å². The Morgan fingerprint density at radius 3 is 2.41 bits per heavy atom. The zero-order valence-corrected chi connectivity index (χ0v) is 14.3. The largest absolute Gasteiger partial charge is 0.425 e. The van der Waals surface area contributed by atoms with Crippen molar-refractivity contribution in [1.82, 2.24) is 5.32 Å². The molecule has 0 bridgehead atoms. The second-order valence-electron chi connectivity index (χ2n) is 6.63. The van der Waals surface area contributed by atoms with E-state index in [4.69, 9.17) is 4.74 Å². The first-order valence-electron chi connectivity index (χ1n) is 7.61. The lowest BCUT2D eigenvalue weighted by molar-refractivity contribution is -0.134. The smallest absolute Gasteiger partial charge is 0.384 e. The van der Waals surface area contributed by atoms with Crippen LogP contribution in [-0.4, -0.2) is 25.8 Å². The van der Waals surface area contributed by atoms with Gasteiger partial charge in [0.2, 0.25) is 0 Å². The van der Waals surface area contributed by atoms with Crippen LogP contribution >= 0.6 is 11.3 Å². The van der Waals surface area contributed by atoms with Crippen LogP contribution in [0.3, 0.4) is 0 Å². The molecule has 2 heterocycles. The molecule has 0 aromatic carbocycles. The molecule has 1 N–H and O–H groups in total. The minimum absolute atomic E-state index is 0.215. The molecule has 0 saturated carbocycles. The number of hydrogen-bond donors (Lipinski definition) is 1. The fourth-order valence-corrected chi connectivity index (χ4v) is 4.88. The normalized spacial score (nSPS) is 29.8. The number of rotatable bonds is 4. The third kappa shape index (κ3) is 3.84. The van der Waals surface area contributed by atoms with Gasteiger partial charge in [0.15, 0.2) is 0 Å². The van der Waals surface area contributed by atoms with E-state index in [0.29, 0.717) is 25.1 Å². The standard InChI is InChI=1S/C16H24F3NOS/c1-10-8-15(3,9-11(2)20-10)12-7-14(16(17,18)19)22-13(12)5-6-21-4/h7,10-11,20H,5-6,8-9H2,1-4H3. The monoisotopic (exact) mass is 335 g/mol. The Balaban J connectivity index is 2.40. The number of ether oxygens (including phenoxy) is 1. The summed E-state index contributed by atoms with van der Waals surface area (Å²) in [4.78, 5) is 0.326. The van der Waals surface area contributed by atoms with Gasteiger partial charge in [-0.2, -0.15) is 13.2 Å². The summed E-state index contributed by atoms with van der Waals surface area (Å²) in [7, 11) is 1.58. The lowest BCUT2D eigenvalue weighted by Gasteiger charge is -2.41. The summed E-state index contributed by atoms with van der Waals surface area (Å²) in [5, 5.41) is 3.46. The highest BCUT2D eigenvalue weighted by molar-refractivity contribution is 7.12. The third-order valence-corrected chi connectivity index (χ3v) is 5.59. The van der Waals surface area contributed by atoms with Crippen LogP contribution < -0.4 is 5.32 Å². The van der Waals surface area contributed by atoms with Crippen molar-refractivity contribution in [2.24, 2.45) is 0 Å². The van der Waals surface area contributed by atoms with Crippen molar-refractivity contribution in [3.8, 4) is 0 Å². The maximum absolute atomic E-state index is 13.1. The molecule has 2 rings (SSSR count). The molecule has 0 aliphatic carbocycles. The van der Waals surface area contributed by atoms with Crippen LogP contribution in [0.5, 0.6) is 0 Å². The minimum atomic E-state index is -4.27. The summed E-state index contributed by atoms with van der Waals surface area (Å²) in [5.74, 6) is 0. The predicted octanol–water partition coefficient (Wildman–Crippen LogP) is 4.37. The Kier molecular flexibility index (Phi) is 5.24. The van der Waals surface area contributed by atoms with Crippen molar-refractivity contribution in [3.63, 3.8) is 0 Å². The second-order valence-corrected chi connectivity index (χ2v) is 7.76. The SMILES string of the molecule is COCCc1sc(C(F)(F)F)cc1C1(C)CC(C)NC(C)C1. The van der Waals surface area contributed by atoms with Crippen LogP contribution in [-0.2, 0) is 22.7 Å². The summed E-state index contributed by atoms with van der Waals surface area (Å²) in [6, 6.07) is 1.98. The quantitative estimate of drug-likeness (QED) is 0.882. The highest BCUT2D eigenvalue weighted by Gasteiger charge is 2.41. The van der Waals surface area contributed by atoms with Gasteiger partial charge in [-0.05, 0) is 43.7 Å². The molecule has 1 aromatic heterocycles. The van der Waals surface area contributed by atoms with Crippen LogP contribution in [0, 0.1) is 0 Å². The zero-order valence-electron chi connectivity index (χ0n) is 13.5. The first-order valence-corrected chi connectivity index (χ1v) is 8.43. The number of nitrogens with one attached hydrogen (secondary N) is 1. The van der Waals surface area contributed by atoms with Crippen molar-refractivity contribution < 1.29 is 17.9 Å². The lowest BCUT2D eigenvalue weighted by Crippen LogP contribution is -2.48. The number of methoxy groups -OCH3 is 1. The fraction of sp³-hybridized carbons (Fsp3) is 0.750. The van der Waals surface area contributed by atoms with Gasteiger partial charge in [0, 0.05) is 30.5 Å². The molecule has 6 heteroatoms. The number of halogens is 3. The Labute approximate surface area is 134 Å². The van der Waals surface area contributed by atoms with Gasteiger partial charge in [0.05, 0.1) is 6.61 Å². The van der Waals surface area contributed by atoms with E-state index in [9.17, 15) is 13.2 Å². The topological polar surface area (TPSA) is 21.3 Å². The van der Waals surface area contributed by atoms with Crippen molar-refractivity contribution in [2.45, 2.75) is 63.7 Å². The second kappa shape index (κ2) is 6.49. The van der Waals surface area contributed by atoms with Gasteiger partial charge >= 0.3 is 6.18 Å². The van der Waals surface area contributed by atoms with E-state index < -0.39 is 11.1 Å². The van der Waals surface area contributed by atoms with Crippen molar-refractivity contribution in [3.05, 3.63) is 21.4 Å². The molecular weight excluding hydrogens is 311 g/mol. The Morgan fingerprint density at radius 2 is 1.91 bits per heavy atom. The van der Waals surface area contributed by atoms with E-state index in [1.807, 2.05) is 0 Å². The fourth-order valence-electron chi connectivity index (χ4n) is 3.72. The predicted molar refractivity (Wildman–Crippen MR) is 83.5 cm³/mol. The summed E-state index contributed by atoms with van der Waals surface area (Å²) in [6.45, 7) is 6.74. The number of hydrogen-bond acceptors (Lipinski definition) is 3. The Hall–Kier alpha value is -0.590. The van der Waals surface area contributed by atoms with E-state index in [2.05, 4.69) is 26.1 Å². The maximum Gasteiger partial charge on any atom is 0.425 e. The Morgan fingerprint density at radius 1 is 1.32 bits per heavy atom. The van der Waals surface area contributed by atoms with Crippen LogP contribution in [0.15, 0.2) is 6.07 Å². The van der Waals surface area contributed by atoms with E-state index >= 15 is 0 Å². The van der Waals surface area contributed by atoms with E-state index in [1.165, 1.54) is 6.07 Å². The minimum Gasteiger partial charge on any atom is -0.384 e. The molecule has 2 nitrogen and oxygen atoms in total. The number of piperidine rings is 1. The van der Waals surface area contributed by atoms with Gasteiger partial charge < -0.3 is 10.1 Å². The van der Waals surface area contributed by atoms with Gasteiger partial charge in [-0.1, -0.05) is 6.92 Å². The molecule has 22 heavy (non-hydrogen) atoms. The molecule has 0 amide bonds. The number of thiophene rings is 1. The molecule has 1 fully saturated rings. The van der Waals surface area contributed by atoms with Crippen molar-refractivity contribution in [2.75, 3.05) is 13.7 Å². The van der Waals surface area contributed by atoms with Crippen LogP contribution in [0.2, 0.25) is 0 Å². The molecule has 1 aliphatic heterocycles. The average Bonchev–Trinajstić information content (AvgIpc) is 2.79. The lowest BCUT2D eigenvalue weighted by atomic mass is 9.70. The summed E-state index contributed by atoms with van der Waals surface area (Å²) in [5.41, 5.74) is 0.648. The van der Waals surface area contributed by atoms with Crippen molar-refractivity contribution >= 4 is 11.3 Å². The highest BCUT2D eigenvalue weighted by atomic mass is 32.1.